The lowest BCUT2D eigenvalue weighted by atomic mass is 9.96. The first kappa shape index (κ1) is 13.5. The minimum Gasteiger partial charge on any atom is -0.468 e. The van der Waals surface area contributed by atoms with Crippen LogP contribution in [0, 0.1) is 5.92 Å². The molecule has 16 heavy (non-hydrogen) atoms. The Bertz CT molecular complexity index is 215. The number of ether oxygens (including phenoxy) is 1. The highest BCUT2D eigenvalue weighted by Gasteiger charge is 2.27. The molecule has 0 radical (unpaired) electrons. The van der Waals surface area contributed by atoms with Crippen molar-refractivity contribution in [3.8, 4) is 0 Å². The number of hydrogen-bond acceptors (Lipinski definition) is 4. The van der Waals surface area contributed by atoms with Crippen LogP contribution in [0.5, 0.6) is 0 Å². The highest BCUT2D eigenvalue weighted by atomic mass is 16.5. The van der Waals surface area contributed by atoms with Crippen molar-refractivity contribution in [2.45, 2.75) is 45.2 Å². The molecule has 0 aromatic heterocycles. The summed E-state index contributed by atoms with van der Waals surface area (Å²) >= 11 is 0. The maximum absolute atomic E-state index is 11.7. The minimum atomic E-state index is -0.155. The predicted octanol–water partition coefficient (Wildman–Crippen LogP) is 0.916. The molecule has 0 saturated carbocycles. The molecule has 0 aliphatic carbocycles. The molecular formula is C12H24N2O2. The first-order valence-electron chi connectivity index (χ1n) is 6.23. The Labute approximate surface area is 98.1 Å². The molecule has 2 atom stereocenters. The number of esters is 1. The third kappa shape index (κ3) is 3.76. The summed E-state index contributed by atoms with van der Waals surface area (Å²) in [4.78, 5) is 11.7. The third-order valence-electron chi connectivity index (χ3n) is 3.42. The molecule has 0 spiro atoms. The quantitative estimate of drug-likeness (QED) is 0.687. The van der Waals surface area contributed by atoms with Gasteiger partial charge in [-0.3, -0.25) is 4.79 Å². The smallest absolute Gasteiger partial charge is 0.323 e. The van der Waals surface area contributed by atoms with Gasteiger partial charge in [-0.1, -0.05) is 20.3 Å². The van der Waals surface area contributed by atoms with Crippen LogP contribution >= 0.6 is 0 Å². The Morgan fingerprint density at radius 2 is 2.12 bits per heavy atom. The van der Waals surface area contributed by atoms with E-state index in [1.807, 2.05) is 0 Å². The fourth-order valence-electron chi connectivity index (χ4n) is 2.07. The Kier molecular flexibility index (Phi) is 5.77. The minimum absolute atomic E-state index is 0.132. The second-order valence-corrected chi connectivity index (χ2v) is 4.58. The maximum Gasteiger partial charge on any atom is 0.323 e. The van der Waals surface area contributed by atoms with E-state index in [-0.39, 0.29) is 12.0 Å². The molecule has 2 unspecified atom stereocenters. The molecule has 2 N–H and O–H groups in total. The summed E-state index contributed by atoms with van der Waals surface area (Å²) in [6.07, 6.45) is 3.16. The van der Waals surface area contributed by atoms with E-state index in [1.54, 1.807) is 0 Å². The largest absolute Gasteiger partial charge is 0.468 e. The van der Waals surface area contributed by atoms with Gasteiger partial charge in [-0.15, -0.1) is 0 Å². The van der Waals surface area contributed by atoms with Crippen LogP contribution in [0.4, 0.5) is 0 Å². The molecule has 0 amide bonds. The molecule has 0 bridgehead atoms. The summed E-state index contributed by atoms with van der Waals surface area (Å²) in [5.74, 6) is 0.190. The van der Waals surface area contributed by atoms with Crippen LogP contribution < -0.4 is 10.6 Å². The Hall–Kier alpha value is -0.610. The average molecular weight is 228 g/mol. The van der Waals surface area contributed by atoms with Crippen molar-refractivity contribution in [2.24, 2.45) is 5.92 Å². The molecular weight excluding hydrogens is 204 g/mol. The molecule has 1 aliphatic heterocycles. The lowest BCUT2D eigenvalue weighted by molar-refractivity contribution is -0.144. The zero-order chi connectivity index (χ0) is 12.0. The molecule has 4 nitrogen and oxygen atoms in total. The van der Waals surface area contributed by atoms with Gasteiger partial charge in [0.05, 0.1) is 7.11 Å². The zero-order valence-corrected chi connectivity index (χ0v) is 10.6. The van der Waals surface area contributed by atoms with Crippen molar-refractivity contribution in [3.05, 3.63) is 0 Å². The Balaban J connectivity index is 2.51. The van der Waals surface area contributed by atoms with Crippen molar-refractivity contribution >= 4 is 5.97 Å². The summed E-state index contributed by atoms with van der Waals surface area (Å²) in [6, 6.07) is 0.289. The van der Waals surface area contributed by atoms with Crippen molar-refractivity contribution < 1.29 is 9.53 Å². The van der Waals surface area contributed by atoms with Gasteiger partial charge in [0.1, 0.15) is 6.04 Å². The van der Waals surface area contributed by atoms with E-state index in [9.17, 15) is 4.79 Å². The van der Waals surface area contributed by atoms with Crippen LogP contribution in [0.3, 0.4) is 0 Å². The number of carbonyl (C=O) groups is 1. The van der Waals surface area contributed by atoms with Crippen molar-refractivity contribution in [1.29, 1.82) is 0 Å². The van der Waals surface area contributed by atoms with Crippen molar-refractivity contribution in [3.63, 3.8) is 0 Å². The topological polar surface area (TPSA) is 50.4 Å². The van der Waals surface area contributed by atoms with E-state index < -0.39 is 0 Å². The highest BCUT2D eigenvalue weighted by molar-refractivity contribution is 5.76. The molecule has 0 aromatic rings. The van der Waals surface area contributed by atoms with Gasteiger partial charge in [-0.2, -0.15) is 0 Å². The normalized spacial score (nSPS) is 21.4. The summed E-state index contributed by atoms with van der Waals surface area (Å²) < 4.78 is 4.86. The number of carbonyl (C=O) groups excluding carboxylic acids is 1. The zero-order valence-electron chi connectivity index (χ0n) is 10.6. The van der Waals surface area contributed by atoms with Crippen LogP contribution in [0.1, 0.15) is 33.1 Å². The molecule has 1 saturated heterocycles. The second-order valence-electron chi connectivity index (χ2n) is 4.58. The van der Waals surface area contributed by atoms with Gasteiger partial charge in [-0.05, 0) is 31.8 Å². The Morgan fingerprint density at radius 1 is 1.50 bits per heavy atom. The fourth-order valence-corrected chi connectivity index (χ4v) is 2.07. The van der Waals surface area contributed by atoms with Crippen LogP contribution in [0.2, 0.25) is 0 Å². The van der Waals surface area contributed by atoms with Crippen molar-refractivity contribution in [1.82, 2.24) is 10.6 Å². The fraction of sp³-hybridized carbons (Fsp3) is 0.917. The van der Waals surface area contributed by atoms with Crippen LogP contribution in [0.15, 0.2) is 0 Å². The van der Waals surface area contributed by atoms with E-state index in [2.05, 4.69) is 24.5 Å². The van der Waals surface area contributed by atoms with Gasteiger partial charge < -0.3 is 15.4 Å². The number of methoxy groups -OCH3 is 1. The summed E-state index contributed by atoms with van der Waals surface area (Å²) in [7, 11) is 1.46. The van der Waals surface area contributed by atoms with Gasteiger partial charge in [0.15, 0.2) is 0 Å². The van der Waals surface area contributed by atoms with Gasteiger partial charge in [0, 0.05) is 6.04 Å². The van der Waals surface area contributed by atoms with E-state index >= 15 is 0 Å². The summed E-state index contributed by atoms with van der Waals surface area (Å²) in [5, 5.41) is 6.76. The van der Waals surface area contributed by atoms with Gasteiger partial charge in [-0.25, -0.2) is 0 Å². The molecule has 1 rings (SSSR count). The molecule has 1 heterocycles. The lowest BCUT2D eigenvalue weighted by Gasteiger charge is -2.30. The standard InChI is InChI=1S/C12H24N2O2/c1-4-9(2)11(12(15)16-3)14-10-5-7-13-8-6-10/h9-11,13-14H,4-8H2,1-3H3. The first-order valence-corrected chi connectivity index (χ1v) is 6.23. The molecule has 4 heteroatoms. The van der Waals surface area contributed by atoms with E-state index in [0.29, 0.717) is 12.0 Å². The molecule has 1 aliphatic rings. The Morgan fingerprint density at radius 3 is 2.62 bits per heavy atom. The van der Waals surface area contributed by atoms with E-state index in [1.165, 1.54) is 7.11 Å². The number of hydrogen-bond donors (Lipinski definition) is 2. The number of piperidine rings is 1. The maximum atomic E-state index is 11.7. The highest BCUT2D eigenvalue weighted by Crippen LogP contribution is 2.12. The molecule has 0 aromatic carbocycles. The second kappa shape index (κ2) is 6.86. The van der Waals surface area contributed by atoms with Crippen LogP contribution in [-0.2, 0) is 9.53 Å². The lowest BCUT2D eigenvalue weighted by Crippen LogP contribution is -2.50. The molecule has 94 valence electrons. The van der Waals surface area contributed by atoms with Gasteiger partial charge in [0.25, 0.3) is 0 Å². The first-order chi connectivity index (χ1) is 7.69. The SMILES string of the molecule is CCC(C)C(NC1CCNCC1)C(=O)OC. The van der Waals surface area contributed by atoms with E-state index in [0.717, 1.165) is 32.4 Å². The average Bonchev–Trinajstić information content (AvgIpc) is 2.35. The number of rotatable bonds is 5. The number of nitrogens with one attached hydrogen (secondary N) is 2. The van der Waals surface area contributed by atoms with Crippen LogP contribution in [0.25, 0.3) is 0 Å². The molecule has 1 fully saturated rings. The monoisotopic (exact) mass is 228 g/mol. The van der Waals surface area contributed by atoms with Crippen molar-refractivity contribution in [2.75, 3.05) is 20.2 Å². The predicted molar refractivity (Wildman–Crippen MR) is 64.3 cm³/mol. The van der Waals surface area contributed by atoms with E-state index in [4.69, 9.17) is 4.74 Å². The van der Waals surface area contributed by atoms with Crippen LogP contribution in [-0.4, -0.2) is 38.3 Å². The van der Waals surface area contributed by atoms with Gasteiger partial charge >= 0.3 is 5.97 Å². The summed E-state index contributed by atoms with van der Waals surface area (Å²) in [6.45, 7) is 6.26. The van der Waals surface area contributed by atoms with Gasteiger partial charge in [0.2, 0.25) is 0 Å². The summed E-state index contributed by atoms with van der Waals surface area (Å²) in [5.41, 5.74) is 0. The third-order valence-corrected chi connectivity index (χ3v) is 3.42.